The van der Waals surface area contributed by atoms with Gasteiger partial charge in [0.25, 0.3) is 0 Å². The number of aromatic nitrogens is 3. The molecule has 1 unspecified atom stereocenters. The van der Waals surface area contributed by atoms with Crippen LogP contribution < -0.4 is 13.9 Å². The van der Waals surface area contributed by atoms with Crippen molar-refractivity contribution in [2.75, 3.05) is 0 Å². The first-order valence-electron chi connectivity index (χ1n) is 24.8. The normalized spacial score (nSPS) is 16.2. The molecular formula is C63H59N3O+2. The van der Waals surface area contributed by atoms with E-state index < -0.39 is 17.6 Å². The van der Waals surface area contributed by atoms with E-state index in [1.807, 2.05) is 27.7 Å². The van der Waals surface area contributed by atoms with Gasteiger partial charge >= 0.3 is 11.7 Å². The number of nitrogens with zero attached hydrogens (tertiary/aromatic N) is 3. The van der Waals surface area contributed by atoms with Gasteiger partial charge in [0.1, 0.15) is 16.8 Å². The van der Waals surface area contributed by atoms with Crippen LogP contribution in [-0.2, 0) is 11.3 Å². The monoisotopic (exact) mass is 875 g/mol. The van der Waals surface area contributed by atoms with Gasteiger partial charge in [0.2, 0.25) is 5.69 Å². The molecule has 0 N–H and O–H groups in total. The van der Waals surface area contributed by atoms with Crippen LogP contribution in [0.4, 0.5) is 0 Å². The maximum Gasteiger partial charge on any atom is 0.499 e. The van der Waals surface area contributed by atoms with Crippen LogP contribution in [0.1, 0.15) is 105 Å². The summed E-state index contributed by atoms with van der Waals surface area (Å²) in [4.78, 5) is 0. The molecule has 12 rings (SSSR count). The smallest absolute Gasteiger partial charge is 0.392 e. The second kappa shape index (κ2) is 14.5. The van der Waals surface area contributed by atoms with Crippen LogP contribution in [0.15, 0.2) is 164 Å². The molecular weight excluding hydrogens is 815 g/mol. The molecule has 0 amide bonds. The third kappa shape index (κ3) is 5.84. The molecule has 1 spiro atoms. The number of hydrogen-bond acceptors (Lipinski definition) is 1. The van der Waals surface area contributed by atoms with Gasteiger partial charge in [-0.15, -0.1) is 9.13 Å². The summed E-state index contributed by atoms with van der Waals surface area (Å²) in [6.07, 6.45) is 2.22. The predicted octanol–water partition coefficient (Wildman–Crippen LogP) is 15.3. The standard InChI is InChI=1S/C63H59N3O/c1-38(2)45-32-49(39(3)4)59-53(33-45)60-65(54-29-28-47(62(9,10)61(6,7)8)37-50(54)43-20-15-12-16-21-43)55-23-17-22-48-51-34-46(41-18-13-11-14-19-41)35-52-56-36-44(42-26-24-40(5)25-27-42)30-31-64(56)63(67-59,57(51)52)66(60)58(48)55/h11-39H,1-10H3/q+2/i38D,39D. The van der Waals surface area contributed by atoms with E-state index in [4.69, 9.17) is 4.74 Å². The van der Waals surface area contributed by atoms with E-state index in [1.165, 1.54) is 11.1 Å². The van der Waals surface area contributed by atoms with Gasteiger partial charge in [-0.2, -0.15) is 4.57 Å². The average Bonchev–Trinajstić information content (AvgIpc) is 3.82. The summed E-state index contributed by atoms with van der Waals surface area (Å²) in [5.41, 5.74) is 20.2. The molecule has 4 heteroatoms. The molecule has 0 fully saturated rings. The minimum atomic E-state index is -1.24. The highest BCUT2D eigenvalue weighted by atomic mass is 16.5. The van der Waals surface area contributed by atoms with Gasteiger partial charge in [0.05, 0.1) is 5.56 Å². The van der Waals surface area contributed by atoms with E-state index in [1.54, 1.807) is 0 Å². The second-order valence-corrected chi connectivity index (χ2v) is 21.1. The van der Waals surface area contributed by atoms with Crippen LogP contribution in [0.2, 0.25) is 0 Å². The van der Waals surface area contributed by atoms with Crippen molar-refractivity contribution in [2.24, 2.45) is 5.41 Å². The maximum atomic E-state index is 9.86. The Balaban J connectivity index is 1.29. The summed E-state index contributed by atoms with van der Waals surface area (Å²) < 4.78 is 34.7. The fourth-order valence-corrected chi connectivity index (χ4v) is 11.0. The number of rotatable bonds is 7. The van der Waals surface area contributed by atoms with Crippen LogP contribution in [-0.4, -0.2) is 4.57 Å². The van der Waals surface area contributed by atoms with Crippen molar-refractivity contribution in [2.45, 2.75) is 92.3 Å². The number of aryl methyl sites for hydroxylation is 1. The van der Waals surface area contributed by atoms with Gasteiger partial charge in [-0.05, 0) is 117 Å². The number of imidazole rings is 1. The zero-order valence-electron chi connectivity index (χ0n) is 42.3. The lowest BCUT2D eigenvalue weighted by atomic mass is 9.65. The molecule has 3 aliphatic heterocycles. The van der Waals surface area contributed by atoms with Crippen LogP contribution in [0.3, 0.4) is 0 Å². The molecule has 330 valence electrons. The van der Waals surface area contributed by atoms with Crippen molar-refractivity contribution < 1.29 is 16.6 Å². The van der Waals surface area contributed by atoms with Crippen molar-refractivity contribution in [3.8, 4) is 78.6 Å². The van der Waals surface area contributed by atoms with Crippen LogP contribution in [0, 0.1) is 12.3 Å². The molecule has 3 aliphatic rings. The quantitative estimate of drug-likeness (QED) is 0.146. The Morgan fingerprint density at radius 2 is 1.27 bits per heavy atom. The van der Waals surface area contributed by atoms with E-state index in [0.29, 0.717) is 5.75 Å². The van der Waals surface area contributed by atoms with E-state index >= 15 is 0 Å². The van der Waals surface area contributed by atoms with Gasteiger partial charge in [-0.25, -0.2) is 0 Å². The molecule has 0 bridgehead atoms. The molecule has 2 aromatic heterocycles. The van der Waals surface area contributed by atoms with Crippen molar-refractivity contribution in [1.82, 2.24) is 4.57 Å². The Hall–Kier alpha value is -7.04. The Morgan fingerprint density at radius 3 is 1.96 bits per heavy atom. The first-order valence-corrected chi connectivity index (χ1v) is 23.8. The molecule has 67 heavy (non-hydrogen) atoms. The second-order valence-electron chi connectivity index (χ2n) is 21.1. The van der Waals surface area contributed by atoms with E-state index in [-0.39, 0.29) is 10.8 Å². The van der Waals surface area contributed by atoms with E-state index in [2.05, 4.69) is 219 Å². The largest absolute Gasteiger partial charge is 0.499 e. The lowest BCUT2D eigenvalue weighted by molar-refractivity contribution is -0.997. The van der Waals surface area contributed by atoms with Gasteiger partial charge < -0.3 is 4.74 Å². The zero-order valence-corrected chi connectivity index (χ0v) is 40.3. The van der Waals surface area contributed by atoms with Crippen molar-refractivity contribution in [1.29, 1.82) is 0 Å². The minimum absolute atomic E-state index is 0.0125. The first-order chi connectivity index (χ1) is 32.8. The molecule has 0 radical (unpaired) electrons. The van der Waals surface area contributed by atoms with Gasteiger partial charge in [-0.3, -0.25) is 0 Å². The number of benzene rings is 7. The molecule has 0 saturated heterocycles. The summed E-state index contributed by atoms with van der Waals surface area (Å²) in [5, 5.41) is 0. The minimum Gasteiger partial charge on any atom is -0.392 e. The molecule has 1 atom stereocenters. The van der Waals surface area contributed by atoms with Gasteiger partial charge in [-0.1, -0.05) is 171 Å². The van der Waals surface area contributed by atoms with Crippen LogP contribution in [0.25, 0.3) is 83.9 Å². The highest BCUT2D eigenvalue weighted by Crippen LogP contribution is 2.56. The Morgan fingerprint density at radius 1 is 0.582 bits per heavy atom. The van der Waals surface area contributed by atoms with Gasteiger partial charge in [0.15, 0.2) is 23.0 Å². The highest BCUT2D eigenvalue weighted by molar-refractivity contribution is 6.00. The van der Waals surface area contributed by atoms with Crippen LogP contribution >= 0.6 is 0 Å². The third-order valence-electron chi connectivity index (χ3n) is 15.6. The summed E-state index contributed by atoms with van der Waals surface area (Å²) in [6, 6.07) is 57.7. The third-order valence-corrected chi connectivity index (χ3v) is 15.6. The number of pyridine rings is 1. The Labute approximate surface area is 398 Å². The lowest BCUT2D eigenvalue weighted by Crippen LogP contribution is -2.78. The SMILES string of the molecule is [2H]C(C)(C)c1cc2c(c(C([2H])(C)C)c1)OC13c4c(cc(-c5ccccc5)cc4-c4cc(-c5ccc(C)cc5)cc[n+]41)-c1cccc4c1[n+]3c-2n4-c1ccc(C(C)(C)C(C)(C)C)cc1-c1ccccc1. The van der Waals surface area contributed by atoms with Crippen molar-refractivity contribution in [3.63, 3.8) is 0 Å². The Kier molecular flexibility index (Phi) is 8.46. The molecule has 9 aromatic rings. The number of ether oxygens (including phenoxy) is 1. The van der Waals surface area contributed by atoms with Gasteiger partial charge in [0, 0.05) is 31.6 Å². The van der Waals surface area contributed by atoms with Crippen molar-refractivity contribution in [3.05, 3.63) is 192 Å². The molecule has 4 nitrogen and oxygen atoms in total. The summed E-state index contributed by atoms with van der Waals surface area (Å²) in [5.74, 6) is -1.67. The fraction of sp³-hybridized carbons (Fsp3) is 0.238. The highest BCUT2D eigenvalue weighted by Gasteiger charge is 2.69. The molecule has 0 aliphatic carbocycles. The summed E-state index contributed by atoms with van der Waals surface area (Å²) >= 11 is 0. The van der Waals surface area contributed by atoms with Crippen LogP contribution in [0.5, 0.6) is 5.75 Å². The molecule has 7 aromatic carbocycles. The Bertz CT molecular complexity index is 3600. The number of fused-ring (bicyclic) bond motifs is 5. The topological polar surface area (TPSA) is 21.9 Å². The lowest BCUT2D eigenvalue weighted by Gasteiger charge is -2.39. The summed E-state index contributed by atoms with van der Waals surface area (Å²) in [6.45, 7) is 21.6. The molecule has 0 saturated carbocycles. The van der Waals surface area contributed by atoms with Crippen molar-refractivity contribution >= 4 is 11.0 Å². The van der Waals surface area contributed by atoms with E-state index in [0.717, 1.165) is 101 Å². The zero-order chi connectivity index (χ0) is 48.2. The van der Waals surface area contributed by atoms with E-state index in [9.17, 15) is 2.74 Å². The maximum absolute atomic E-state index is 9.86. The summed E-state index contributed by atoms with van der Waals surface area (Å²) in [7, 11) is 0. The first kappa shape index (κ1) is 39.2. The predicted molar refractivity (Wildman–Crippen MR) is 275 cm³/mol. The number of hydrogen-bond donors (Lipinski definition) is 0. The molecule has 5 heterocycles. The average molecular weight is 876 g/mol. The number of para-hydroxylation sites is 1. The fourth-order valence-electron chi connectivity index (χ4n) is 11.0.